The van der Waals surface area contributed by atoms with Crippen LogP contribution in [0.1, 0.15) is 23.6 Å². The van der Waals surface area contributed by atoms with Crippen molar-refractivity contribution in [3.63, 3.8) is 0 Å². The van der Waals surface area contributed by atoms with Gasteiger partial charge in [0.05, 0.1) is 0 Å². The number of carbonyl (C=O) groups is 2. The molecule has 2 amide bonds. The third-order valence-corrected chi connectivity index (χ3v) is 6.17. The van der Waals surface area contributed by atoms with Gasteiger partial charge in [-0.15, -0.1) is 0 Å². The first-order chi connectivity index (χ1) is 15.4. The average Bonchev–Trinajstić information content (AvgIpc) is 2.78. The van der Waals surface area contributed by atoms with E-state index < -0.39 is 6.04 Å². The van der Waals surface area contributed by atoms with Crippen molar-refractivity contribution in [3.8, 4) is 0 Å². The molecule has 162 valence electrons. The van der Waals surface area contributed by atoms with E-state index in [0.717, 1.165) is 28.0 Å². The summed E-state index contributed by atoms with van der Waals surface area (Å²) in [6, 6.07) is 21.9. The maximum absolute atomic E-state index is 13.9. The maximum Gasteiger partial charge on any atom is 0.254 e. The van der Waals surface area contributed by atoms with Crippen molar-refractivity contribution in [3.05, 3.63) is 100 Å². The van der Waals surface area contributed by atoms with Crippen molar-refractivity contribution in [1.29, 1.82) is 0 Å². The second-order valence-electron chi connectivity index (χ2n) is 8.09. The standard InChI is InChI=1S/C27H25ClN2O2/c1-18-8-7-11-24(20(18)3)29-17-25(31)30(23-14-12-22(28)13-15-23)26(27(29)32)19(2)16-21-9-5-4-6-10-21/h4-16,26H,17H2,1-3H3/b19-16-/t26-/m0/s1. The third kappa shape index (κ3) is 4.19. The van der Waals surface area contributed by atoms with Crippen LogP contribution in [-0.4, -0.2) is 24.4 Å². The van der Waals surface area contributed by atoms with E-state index in [1.54, 1.807) is 34.1 Å². The van der Waals surface area contributed by atoms with Crippen LogP contribution in [0.5, 0.6) is 0 Å². The Hall–Kier alpha value is -3.37. The summed E-state index contributed by atoms with van der Waals surface area (Å²) in [5.41, 5.74) is 5.27. The molecule has 0 radical (unpaired) electrons. The first kappa shape index (κ1) is 21.8. The minimum atomic E-state index is -0.752. The lowest BCUT2D eigenvalue weighted by Crippen LogP contribution is -2.61. The number of rotatable bonds is 4. The summed E-state index contributed by atoms with van der Waals surface area (Å²) in [5, 5.41) is 0.578. The third-order valence-electron chi connectivity index (χ3n) is 5.92. The van der Waals surface area contributed by atoms with Gasteiger partial charge in [0.2, 0.25) is 5.91 Å². The Balaban J connectivity index is 1.82. The molecule has 0 saturated carbocycles. The molecule has 32 heavy (non-hydrogen) atoms. The van der Waals surface area contributed by atoms with E-state index in [4.69, 9.17) is 11.6 Å². The maximum atomic E-state index is 13.9. The quantitative estimate of drug-likeness (QED) is 0.509. The van der Waals surface area contributed by atoms with Crippen molar-refractivity contribution in [1.82, 2.24) is 0 Å². The molecule has 0 aromatic heterocycles. The lowest BCUT2D eigenvalue weighted by Gasteiger charge is -2.41. The number of benzene rings is 3. The molecule has 1 atom stereocenters. The molecule has 0 aliphatic carbocycles. The van der Waals surface area contributed by atoms with Crippen molar-refractivity contribution < 1.29 is 9.59 Å². The van der Waals surface area contributed by atoms with E-state index in [1.807, 2.05) is 75.4 Å². The zero-order valence-electron chi connectivity index (χ0n) is 18.4. The van der Waals surface area contributed by atoms with Gasteiger partial charge in [-0.05, 0) is 73.4 Å². The van der Waals surface area contributed by atoms with Gasteiger partial charge < -0.3 is 4.90 Å². The van der Waals surface area contributed by atoms with Gasteiger partial charge in [0.25, 0.3) is 5.91 Å². The summed E-state index contributed by atoms with van der Waals surface area (Å²) >= 11 is 6.07. The number of nitrogens with zero attached hydrogens (tertiary/aromatic N) is 2. The minimum absolute atomic E-state index is 0.0130. The fourth-order valence-corrected chi connectivity index (χ4v) is 4.23. The fourth-order valence-electron chi connectivity index (χ4n) is 4.11. The first-order valence-electron chi connectivity index (χ1n) is 10.6. The summed E-state index contributed by atoms with van der Waals surface area (Å²) in [4.78, 5) is 30.5. The summed E-state index contributed by atoms with van der Waals surface area (Å²) in [6.07, 6.45) is 1.96. The van der Waals surface area contributed by atoms with Gasteiger partial charge >= 0.3 is 0 Å². The van der Waals surface area contributed by atoms with Crippen molar-refractivity contribution in [2.45, 2.75) is 26.8 Å². The molecule has 0 N–H and O–H groups in total. The van der Waals surface area contributed by atoms with Gasteiger partial charge in [0.15, 0.2) is 0 Å². The van der Waals surface area contributed by atoms with E-state index in [2.05, 4.69) is 0 Å². The predicted molar refractivity (Wildman–Crippen MR) is 131 cm³/mol. The van der Waals surface area contributed by atoms with Gasteiger partial charge in [0.1, 0.15) is 12.6 Å². The Bertz CT molecular complexity index is 1190. The second kappa shape index (κ2) is 9.01. The topological polar surface area (TPSA) is 40.6 Å². The van der Waals surface area contributed by atoms with Crippen LogP contribution < -0.4 is 9.80 Å². The molecule has 0 bridgehead atoms. The van der Waals surface area contributed by atoms with Crippen LogP contribution in [0.4, 0.5) is 11.4 Å². The highest BCUT2D eigenvalue weighted by Crippen LogP contribution is 2.32. The lowest BCUT2D eigenvalue weighted by atomic mass is 9.97. The van der Waals surface area contributed by atoms with E-state index >= 15 is 0 Å². The minimum Gasteiger partial charge on any atom is -0.301 e. The van der Waals surface area contributed by atoms with Crippen LogP contribution in [0.25, 0.3) is 6.08 Å². The molecule has 1 heterocycles. The number of halogens is 1. The van der Waals surface area contributed by atoms with Crippen LogP contribution in [0.3, 0.4) is 0 Å². The molecular formula is C27H25ClN2O2. The number of anilines is 2. The lowest BCUT2D eigenvalue weighted by molar-refractivity contribution is -0.127. The van der Waals surface area contributed by atoms with Gasteiger partial charge in [-0.3, -0.25) is 14.5 Å². The molecule has 0 spiro atoms. The Morgan fingerprint density at radius 1 is 0.938 bits per heavy atom. The number of hydrogen-bond donors (Lipinski definition) is 0. The van der Waals surface area contributed by atoms with E-state index in [-0.39, 0.29) is 18.4 Å². The van der Waals surface area contributed by atoms with Crippen LogP contribution in [0, 0.1) is 13.8 Å². The zero-order chi connectivity index (χ0) is 22.8. The normalized spacial score (nSPS) is 17.1. The molecule has 5 heteroatoms. The molecule has 3 aromatic rings. The molecule has 3 aromatic carbocycles. The molecular weight excluding hydrogens is 420 g/mol. The summed E-state index contributed by atoms with van der Waals surface area (Å²) in [6.45, 7) is 5.88. The number of amides is 2. The Morgan fingerprint density at radius 3 is 2.31 bits per heavy atom. The summed E-state index contributed by atoms with van der Waals surface area (Å²) in [7, 11) is 0. The monoisotopic (exact) mass is 444 g/mol. The van der Waals surface area contributed by atoms with Crippen LogP contribution >= 0.6 is 11.6 Å². The number of aryl methyl sites for hydroxylation is 1. The molecule has 0 unspecified atom stereocenters. The van der Waals surface area contributed by atoms with Crippen LogP contribution in [-0.2, 0) is 9.59 Å². The summed E-state index contributed by atoms with van der Waals surface area (Å²) in [5.74, 6) is -0.267. The Morgan fingerprint density at radius 2 is 1.62 bits per heavy atom. The predicted octanol–water partition coefficient (Wildman–Crippen LogP) is 5.81. The van der Waals surface area contributed by atoms with E-state index in [9.17, 15) is 9.59 Å². The van der Waals surface area contributed by atoms with Gasteiger partial charge in [0, 0.05) is 16.4 Å². The van der Waals surface area contributed by atoms with Crippen LogP contribution in [0.15, 0.2) is 78.4 Å². The van der Waals surface area contributed by atoms with Crippen molar-refractivity contribution in [2.75, 3.05) is 16.3 Å². The average molecular weight is 445 g/mol. The number of carbonyl (C=O) groups excluding carboxylic acids is 2. The smallest absolute Gasteiger partial charge is 0.254 e. The fraction of sp³-hybridized carbons (Fsp3) is 0.185. The van der Waals surface area contributed by atoms with Gasteiger partial charge in [-0.1, -0.05) is 60.1 Å². The highest BCUT2D eigenvalue weighted by atomic mass is 35.5. The van der Waals surface area contributed by atoms with Crippen molar-refractivity contribution >= 4 is 40.9 Å². The molecule has 1 saturated heterocycles. The SMILES string of the molecule is C/C(=C/c1ccccc1)[C@H]1C(=O)N(c2cccc(C)c2C)CC(=O)N1c1ccc(Cl)cc1. The Kier molecular flexibility index (Phi) is 6.15. The van der Waals surface area contributed by atoms with Gasteiger partial charge in [-0.2, -0.15) is 0 Å². The molecule has 1 aliphatic heterocycles. The van der Waals surface area contributed by atoms with Gasteiger partial charge in [-0.25, -0.2) is 0 Å². The summed E-state index contributed by atoms with van der Waals surface area (Å²) < 4.78 is 0. The largest absolute Gasteiger partial charge is 0.301 e. The van der Waals surface area contributed by atoms with E-state index in [1.165, 1.54) is 0 Å². The highest BCUT2D eigenvalue weighted by molar-refractivity contribution is 6.30. The Labute approximate surface area is 193 Å². The number of piperazine rings is 1. The van der Waals surface area contributed by atoms with Crippen LogP contribution in [0.2, 0.25) is 5.02 Å². The zero-order valence-corrected chi connectivity index (χ0v) is 19.1. The molecule has 1 aliphatic rings. The van der Waals surface area contributed by atoms with E-state index in [0.29, 0.717) is 10.7 Å². The second-order valence-corrected chi connectivity index (χ2v) is 8.52. The molecule has 4 rings (SSSR count). The first-order valence-corrected chi connectivity index (χ1v) is 10.9. The van der Waals surface area contributed by atoms with Crippen molar-refractivity contribution in [2.24, 2.45) is 0 Å². The highest BCUT2D eigenvalue weighted by Gasteiger charge is 2.42. The molecule has 1 fully saturated rings. The number of hydrogen-bond acceptors (Lipinski definition) is 2. The molecule has 4 nitrogen and oxygen atoms in total.